The molecule has 0 saturated carbocycles. The molecule has 4 nitrogen and oxygen atoms in total. The summed E-state index contributed by atoms with van der Waals surface area (Å²) < 4.78 is 41.8. The molecule has 3 atom stereocenters. The molecular formula is C13H22F3NO3. The second-order valence-corrected chi connectivity index (χ2v) is 4.87. The van der Waals surface area contributed by atoms with Crippen molar-refractivity contribution in [3.8, 4) is 0 Å². The lowest BCUT2D eigenvalue weighted by atomic mass is 9.99. The first-order chi connectivity index (χ1) is 9.13. The molecule has 0 radical (unpaired) electrons. The second kappa shape index (κ2) is 8.11. The number of carbonyl (C=O) groups is 2. The number of ether oxygens (including phenoxy) is 1. The first-order valence-electron chi connectivity index (χ1n) is 6.71. The molecule has 0 aromatic carbocycles. The Balaban J connectivity index is 4.80. The van der Waals surface area contributed by atoms with Gasteiger partial charge in [-0.3, -0.25) is 4.79 Å². The summed E-state index contributed by atoms with van der Waals surface area (Å²) in [5, 5.41) is 1.72. The van der Waals surface area contributed by atoms with Crippen LogP contribution in [0.1, 0.15) is 47.0 Å². The third-order valence-corrected chi connectivity index (χ3v) is 3.02. The highest BCUT2D eigenvalue weighted by Crippen LogP contribution is 2.18. The largest absolute Gasteiger partial charge is 0.471 e. The molecule has 0 aliphatic carbocycles. The Morgan fingerprint density at radius 2 is 1.75 bits per heavy atom. The van der Waals surface area contributed by atoms with Crippen LogP contribution < -0.4 is 5.32 Å². The number of carbonyl (C=O) groups excluding carboxylic acids is 2. The minimum absolute atomic E-state index is 0.387. The summed E-state index contributed by atoms with van der Waals surface area (Å²) in [5.74, 6) is -3.39. The third-order valence-electron chi connectivity index (χ3n) is 3.02. The van der Waals surface area contributed by atoms with Gasteiger partial charge in [0.2, 0.25) is 0 Å². The van der Waals surface area contributed by atoms with E-state index in [1.54, 1.807) is 26.1 Å². The monoisotopic (exact) mass is 297 g/mol. The molecule has 0 bridgehead atoms. The number of hydrogen-bond donors (Lipinski definition) is 1. The van der Waals surface area contributed by atoms with E-state index in [-0.39, 0.29) is 6.10 Å². The molecule has 7 heteroatoms. The maximum absolute atomic E-state index is 12.3. The third kappa shape index (κ3) is 6.25. The van der Waals surface area contributed by atoms with E-state index in [2.05, 4.69) is 0 Å². The summed E-state index contributed by atoms with van der Waals surface area (Å²) in [6, 6.07) is -1.28. The van der Waals surface area contributed by atoms with Crippen molar-refractivity contribution in [1.82, 2.24) is 5.32 Å². The van der Waals surface area contributed by atoms with Gasteiger partial charge in [-0.1, -0.05) is 33.6 Å². The molecule has 0 heterocycles. The molecule has 0 aliphatic rings. The minimum atomic E-state index is -5.01. The van der Waals surface area contributed by atoms with Crippen LogP contribution in [-0.2, 0) is 14.3 Å². The van der Waals surface area contributed by atoms with E-state index in [0.717, 1.165) is 6.42 Å². The van der Waals surface area contributed by atoms with Crippen LogP contribution in [0.4, 0.5) is 13.2 Å². The fourth-order valence-corrected chi connectivity index (χ4v) is 1.63. The van der Waals surface area contributed by atoms with E-state index in [9.17, 15) is 22.8 Å². The number of halogens is 3. The van der Waals surface area contributed by atoms with E-state index in [4.69, 9.17) is 4.74 Å². The van der Waals surface area contributed by atoms with Gasteiger partial charge in [-0.05, 0) is 19.3 Å². The summed E-state index contributed by atoms with van der Waals surface area (Å²) >= 11 is 0. The fourth-order valence-electron chi connectivity index (χ4n) is 1.63. The van der Waals surface area contributed by atoms with E-state index in [1.807, 2.05) is 6.92 Å². The molecule has 0 aromatic rings. The number of amides is 1. The van der Waals surface area contributed by atoms with Gasteiger partial charge in [-0.2, -0.15) is 13.2 Å². The van der Waals surface area contributed by atoms with Gasteiger partial charge in [0.1, 0.15) is 6.04 Å². The van der Waals surface area contributed by atoms with Crippen LogP contribution in [-0.4, -0.2) is 30.2 Å². The van der Waals surface area contributed by atoms with Crippen molar-refractivity contribution < 1.29 is 27.5 Å². The molecule has 0 saturated heterocycles. The van der Waals surface area contributed by atoms with Gasteiger partial charge in [0.15, 0.2) is 0 Å². The van der Waals surface area contributed by atoms with Crippen molar-refractivity contribution in [2.75, 3.05) is 0 Å². The quantitative estimate of drug-likeness (QED) is 0.735. The molecule has 0 aliphatic heterocycles. The summed E-state index contributed by atoms with van der Waals surface area (Å²) in [5.41, 5.74) is 0. The Kier molecular flexibility index (Phi) is 7.60. The summed E-state index contributed by atoms with van der Waals surface area (Å²) in [4.78, 5) is 22.9. The minimum Gasteiger partial charge on any atom is -0.461 e. The summed E-state index contributed by atoms with van der Waals surface area (Å²) in [7, 11) is 0. The lowest BCUT2D eigenvalue weighted by Gasteiger charge is -2.24. The van der Waals surface area contributed by atoms with Crippen LogP contribution in [0, 0.1) is 5.92 Å². The highest BCUT2D eigenvalue weighted by Gasteiger charge is 2.42. The topological polar surface area (TPSA) is 55.4 Å². The van der Waals surface area contributed by atoms with Gasteiger partial charge < -0.3 is 10.1 Å². The number of esters is 1. The van der Waals surface area contributed by atoms with E-state index in [1.165, 1.54) is 0 Å². The smallest absolute Gasteiger partial charge is 0.461 e. The average Bonchev–Trinajstić information content (AvgIpc) is 2.33. The molecule has 0 spiro atoms. The Morgan fingerprint density at radius 3 is 2.15 bits per heavy atom. The van der Waals surface area contributed by atoms with Gasteiger partial charge in [-0.15, -0.1) is 0 Å². The number of nitrogens with one attached hydrogen (secondary N) is 1. The SMILES string of the molecule is CCCC(C)OC(=O)C(NC(=O)C(F)(F)F)C(C)CC. The van der Waals surface area contributed by atoms with Crippen LogP contribution in [0.5, 0.6) is 0 Å². The van der Waals surface area contributed by atoms with Gasteiger partial charge in [0, 0.05) is 0 Å². The Hall–Kier alpha value is -1.27. The zero-order chi connectivity index (χ0) is 15.9. The molecule has 20 heavy (non-hydrogen) atoms. The zero-order valence-electron chi connectivity index (χ0n) is 12.2. The number of hydrogen-bond acceptors (Lipinski definition) is 3. The van der Waals surface area contributed by atoms with Gasteiger partial charge >= 0.3 is 18.1 Å². The molecular weight excluding hydrogens is 275 g/mol. The van der Waals surface area contributed by atoms with E-state index < -0.39 is 30.0 Å². The Morgan fingerprint density at radius 1 is 1.20 bits per heavy atom. The molecule has 3 unspecified atom stereocenters. The fraction of sp³-hybridized carbons (Fsp3) is 0.846. The maximum Gasteiger partial charge on any atom is 0.471 e. The lowest BCUT2D eigenvalue weighted by molar-refractivity contribution is -0.177. The van der Waals surface area contributed by atoms with Gasteiger partial charge in [0.05, 0.1) is 6.10 Å². The number of alkyl halides is 3. The van der Waals surface area contributed by atoms with Crippen LogP contribution in [0.15, 0.2) is 0 Å². The molecule has 118 valence electrons. The van der Waals surface area contributed by atoms with Crippen LogP contribution in [0.25, 0.3) is 0 Å². The maximum atomic E-state index is 12.3. The Bertz CT molecular complexity index is 331. The second-order valence-electron chi connectivity index (χ2n) is 4.87. The molecule has 0 fully saturated rings. The van der Waals surface area contributed by atoms with Crippen molar-refractivity contribution in [2.24, 2.45) is 5.92 Å². The number of rotatable bonds is 7. The molecule has 1 amide bonds. The molecule has 1 N–H and O–H groups in total. The predicted molar refractivity (Wildman–Crippen MR) is 67.9 cm³/mol. The molecule has 0 rings (SSSR count). The molecule has 0 aromatic heterocycles. The normalized spacial score (nSPS) is 16.1. The highest BCUT2D eigenvalue weighted by molar-refractivity contribution is 5.87. The van der Waals surface area contributed by atoms with Crippen molar-refractivity contribution in [3.63, 3.8) is 0 Å². The first-order valence-corrected chi connectivity index (χ1v) is 6.71. The summed E-state index contributed by atoms with van der Waals surface area (Å²) in [6.45, 7) is 6.88. The average molecular weight is 297 g/mol. The van der Waals surface area contributed by atoms with Crippen LogP contribution >= 0.6 is 0 Å². The van der Waals surface area contributed by atoms with E-state index >= 15 is 0 Å². The van der Waals surface area contributed by atoms with Crippen LogP contribution in [0.3, 0.4) is 0 Å². The zero-order valence-corrected chi connectivity index (χ0v) is 12.2. The standard InChI is InChI=1S/C13H22F3NO3/c1-5-7-9(4)20-11(18)10(8(3)6-2)17-12(19)13(14,15)16/h8-10H,5-7H2,1-4H3,(H,17,19). The summed E-state index contributed by atoms with van der Waals surface area (Å²) in [6.07, 6.45) is -3.55. The van der Waals surface area contributed by atoms with Crippen molar-refractivity contribution in [3.05, 3.63) is 0 Å². The van der Waals surface area contributed by atoms with Crippen molar-refractivity contribution >= 4 is 11.9 Å². The highest BCUT2D eigenvalue weighted by atomic mass is 19.4. The van der Waals surface area contributed by atoms with E-state index in [0.29, 0.717) is 12.8 Å². The van der Waals surface area contributed by atoms with Crippen LogP contribution in [0.2, 0.25) is 0 Å². The Labute approximate surface area is 117 Å². The van der Waals surface area contributed by atoms with Gasteiger partial charge in [-0.25, -0.2) is 4.79 Å². The van der Waals surface area contributed by atoms with Gasteiger partial charge in [0.25, 0.3) is 0 Å². The van der Waals surface area contributed by atoms with Crippen molar-refractivity contribution in [1.29, 1.82) is 0 Å². The lowest BCUT2D eigenvalue weighted by Crippen LogP contribution is -2.50. The predicted octanol–water partition coefficient (Wildman–Crippen LogP) is 2.81. The first kappa shape index (κ1) is 18.7. The van der Waals surface area contributed by atoms with Crippen molar-refractivity contribution in [2.45, 2.75) is 65.3 Å².